The minimum Gasteiger partial charge on any atom is -0.442 e. The molecule has 3 aliphatic rings. The Labute approximate surface area is 151 Å². The van der Waals surface area contributed by atoms with Crippen LogP contribution in [0.4, 0.5) is 4.79 Å². The van der Waals surface area contributed by atoms with Gasteiger partial charge >= 0.3 is 6.09 Å². The summed E-state index contributed by atoms with van der Waals surface area (Å²) >= 11 is 0. The smallest absolute Gasteiger partial charge is 0.410 e. The number of carbonyl (C=O) groups is 2. The lowest BCUT2D eigenvalue weighted by molar-refractivity contribution is 0.0362. The van der Waals surface area contributed by atoms with E-state index in [1.165, 1.54) is 6.20 Å². The van der Waals surface area contributed by atoms with Crippen molar-refractivity contribution in [1.82, 2.24) is 24.9 Å². The van der Waals surface area contributed by atoms with Gasteiger partial charge in [0.15, 0.2) is 5.69 Å². The molecule has 3 fully saturated rings. The minimum absolute atomic E-state index is 0.0761. The van der Waals surface area contributed by atoms with E-state index >= 15 is 0 Å². The van der Waals surface area contributed by atoms with Gasteiger partial charge in [0.05, 0.1) is 25.8 Å². The Hall–Kier alpha value is -2.26. The number of ether oxygens (including phenoxy) is 2. The highest BCUT2D eigenvalue weighted by Crippen LogP contribution is 2.27. The van der Waals surface area contributed by atoms with E-state index < -0.39 is 0 Å². The Kier molecular flexibility index (Phi) is 4.98. The standard InChI is InChI=1S/C17H23N5O4/c23-16(13-3-1-4-18-19-13)21-11-14-15(12-21)26-17(24)22(14)6-2-5-20-7-9-25-10-8-20/h1,3-4,14-15H,2,5-12H2/t14-,15+/m1/s1. The van der Waals surface area contributed by atoms with Crippen molar-refractivity contribution in [2.75, 3.05) is 52.5 Å². The molecule has 3 saturated heterocycles. The van der Waals surface area contributed by atoms with Crippen molar-refractivity contribution in [2.45, 2.75) is 18.6 Å². The quantitative estimate of drug-likeness (QED) is 0.720. The second kappa shape index (κ2) is 7.55. The Balaban J connectivity index is 1.32. The first-order valence-corrected chi connectivity index (χ1v) is 9.07. The molecule has 2 amide bonds. The third kappa shape index (κ3) is 3.49. The summed E-state index contributed by atoms with van der Waals surface area (Å²) in [6.45, 7) is 5.89. The molecule has 2 atom stereocenters. The summed E-state index contributed by atoms with van der Waals surface area (Å²) in [6.07, 6.45) is 1.89. The van der Waals surface area contributed by atoms with Crippen LogP contribution in [0.3, 0.4) is 0 Å². The minimum atomic E-state index is -0.270. The molecule has 0 radical (unpaired) electrons. The van der Waals surface area contributed by atoms with Gasteiger partial charge < -0.3 is 14.4 Å². The summed E-state index contributed by atoms with van der Waals surface area (Å²) in [7, 11) is 0. The lowest BCUT2D eigenvalue weighted by Gasteiger charge is -2.28. The SMILES string of the molecule is O=C(c1cccnn1)N1C[C@@H]2OC(=O)N(CCCN3CCOCC3)[C@@H]2C1. The molecule has 0 saturated carbocycles. The van der Waals surface area contributed by atoms with Crippen molar-refractivity contribution in [1.29, 1.82) is 0 Å². The lowest BCUT2D eigenvalue weighted by Crippen LogP contribution is -2.42. The first-order valence-electron chi connectivity index (χ1n) is 9.07. The summed E-state index contributed by atoms with van der Waals surface area (Å²) in [5.74, 6) is -0.170. The van der Waals surface area contributed by atoms with Gasteiger partial charge in [-0.1, -0.05) is 0 Å². The molecule has 140 valence electrons. The number of amides is 2. The summed E-state index contributed by atoms with van der Waals surface area (Å²) in [5, 5.41) is 7.63. The molecular weight excluding hydrogens is 338 g/mol. The highest BCUT2D eigenvalue weighted by Gasteiger charge is 2.48. The molecule has 9 nitrogen and oxygen atoms in total. The van der Waals surface area contributed by atoms with Gasteiger partial charge in [-0.2, -0.15) is 5.10 Å². The molecule has 0 aromatic carbocycles. The predicted molar refractivity (Wildman–Crippen MR) is 90.6 cm³/mol. The summed E-state index contributed by atoms with van der Waals surface area (Å²) in [4.78, 5) is 30.5. The van der Waals surface area contributed by atoms with Gasteiger partial charge in [0.2, 0.25) is 0 Å². The van der Waals surface area contributed by atoms with Crippen LogP contribution in [0.25, 0.3) is 0 Å². The molecule has 0 N–H and O–H groups in total. The number of hydrogen-bond donors (Lipinski definition) is 0. The van der Waals surface area contributed by atoms with Crippen LogP contribution in [-0.4, -0.2) is 102 Å². The van der Waals surface area contributed by atoms with E-state index in [-0.39, 0.29) is 24.1 Å². The molecule has 0 bridgehead atoms. The van der Waals surface area contributed by atoms with Crippen molar-refractivity contribution in [2.24, 2.45) is 0 Å². The first kappa shape index (κ1) is 17.2. The average Bonchev–Trinajstić information content (AvgIpc) is 3.21. The van der Waals surface area contributed by atoms with E-state index in [2.05, 4.69) is 15.1 Å². The van der Waals surface area contributed by atoms with Crippen molar-refractivity contribution >= 4 is 12.0 Å². The molecule has 26 heavy (non-hydrogen) atoms. The largest absolute Gasteiger partial charge is 0.442 e. The van der Waals surface area contributed by atoms with Gasteiger partial charge in [-0.15, -0.1) is 5.10 Å². The normalized spacial score (nSPS) is 26.1. The molecule has 9 heteroatoms. The molecule has 4 rings (SSSR count). The van der Waals surface area contributed by atoms with Gasteiger partial charge in [-0.25, -0.2) is 4.79 Å². The van der Waals surface area contributed by atoms with Crippen molar-refractivity contribution in [3.63, 3.8) is 0 Å². The fourth-order valence-corrected chi connectivity index (χ4v) is 3.79. The number of morpholine rings is 1. The molecule has 0 aliphatic carbocycles. The second-order valence-corrected chi connectivity index (χ2v) is 6.81. The fraction of sp³-hybridized carbons (Fsp3) is 0.647. The number of fused-ring (bicyclic) bond motifs is 1. The number of carbonyl (C=O) groups excluding carboxylic acids is 2. The van der Waals surface area contributed by atoms with E-state index in [4.69, 9.17) is 9.47 Å². The van der Waals surface area contributed by atoms with Crippen molar-refractivity contribution in [3.8, 4) is 0 Å². The average molecular weight is 361 g/mol. The maximum Gasteiger partial charge on any atom is 0.410 e. The van der Waals surface area contributed by atoms with E-state index in [9.17, 15) is 9.59 Å². The van der Waals surface area contributed by atoms with Crippen LogP contribution in [0.2, 0.25) is 0 Å². The molecule has 1 aromatic rings. The monoisotopic (exact) mass is 361 g/mol. The third-order valence-corrected chi connectivity index (χ3v) is 5.18. The van der Waals surface area contributed by atoms with Gasteiger partial charge in [0.25, 0.3) is 5.91 Å². The van der Waals surface area contributed by atoms with E-state index in [0.29, 0.717) is 25.3 Å². The first-order chi connectivity index (χ1) is 12.7. The molecular formula is C17H23N5O4. The van der Waals surface area contributed by atoms with E-state index in [1.807, 2.05) is 0 Å². The van der Waals surface area contributed by atoms with Crippen LogP contribution in [0.15, 0.2) is 18.3 Å². The van der Waals surface area contributed by atoms with Crippen LogP contribution >= 0.6 is 0 Å². The molecule has 0 unspecified atom stereocenters. The molecule has 1 aromatic heterocycles. The van der Waals surface area contributed by atoms with Crippen molar-refractivity contribution in [3.05, 3.63) is 24.0 Å². The third-order valence-electron chi connectivity index (χ3n) is 5.18. The molecule has 3 aliphatic heterocycles. The highest BCUT2D eigenvalue weighted by molar-refractivity contribution is 5.92. The number of hydrogen-bond acceptors (Lipinski definition) is 7. The van der Waals surface area contributed by atoms with Gasteiger partial charge in [0, 0.05) is 38.9 Å². The van der Waals surface area contributed by atoms with Gasteiger partial charge in [0.1, 0.15) is 6.10 Å². The number of nitrogens with zero attached hydrogens (tertiary/aromatic N) is 5. The summed E-state index contributed by atoms with van der Waals surface area (Å²) in [6, 6.07) is 3.26. The zero-order valence-corrected chi connectivity index (χ0v) is 14.6. The summed E-state index contributed by atoms with van der Waals surface area (Å²) in [5.41, 5.74) is 0.317. The number of aromatic nitrogens is 2. The fourth-order valence-electron chi connectivity index (χ4n) is 3.79. The predicted octanol–water partition coefficient (Wildman–Crippen LogP) is -0.156. The zero-order chi connectivity index (χ0) is 17.9. The number of likely N-dealkylation sites (tertiary alicyclic amines) is 1. The van der Waals surface area contributed by atoms with E-state index in [0.717, 1.165) is 39.3 Å². The summed E-state index contributed by atoms with van der Waals surface area (Å²) < 4.78 is 10.8. The highest BCUT2D eigenvalue weighted by atomic mass is 16.6. The van der Waals surface area contributed by atoms with Crippen LogP contribution in [-0.2, 0) is 9.47 Å². The van der Waals surface area contributed by atoms with Crippen molar-refractivity contribution < 1.29 is 19.1 Å². The lowest BCUT2D eigenvalue weighted by atomic mass is 10.2. The second-order valence-electron chi connectivity index (χ2n) is 6.81. The topological polar surface area (TPSA) is 88.1 Å². The van der Waals surface area contributed by atoms with Gasteiger partial charge in [-0.3, -0.25) is 14.6 Å². The van der Waals surface area contributed by atoms with Crippen LogP contribution in [0, 0.1) is 0 Å². The Morgan fingerprint density at radius 1 is 1.23 bits per heavy atom. The molecule has 0 spiro atoms. The molecule has 4 heterocycles. The Morgan fingerprint density at radius 3 is 2.85 bits per heavy atom. The van der Waals surface area contributed by atoms with Crippen LogP contribution in [0.5, 0.6) is 0 Å². The van der Waals surface area contributed by atoms with Gasteiger partial charge in [-0.05, 0) is 18.6 Å². The van der Waals surface area contributed by atoms with Crippen LogP contribution < -0.4 is 0 Å². The van der Waals surface area contributed by atoms with Crippen LogP contribution in [0.1, 0.15) is 16.9 Å². The maximum atomic E-state index is 12.5. The number of rotatable bonds is 5. The Bertz CT molecular complexity index is 652. The zero-order valence-electron chi connectivity index (χ0n) is 14.6. The maximum absolute atomic E-state index is 12.5. The Morgan fingerprint density at radius 2 is 2.08 bits per heavy atom. The van der Waals surface area contributed by atoms with E-state index in [1.54, 1.807) is 21.9 Å².